The van der Waals surface area contributed by atoms with E-state index in [0.29, 0.717) is 40.0 Å². The Kier molecular flexibility index (Phi) is 4.93. The summed E-state index contributed by atoms with van der Waals surface area (Å²) in [5.41, 5.74) is 12.0. The molecule has 10 heteroatoms. The second-order valence-electron chi connectivity index (χ2n) is 9.35. The van der Waals surface area contributed by atoms with Gasteiger partial charge in [0.25, 0.3) is 0 Å². The number of phenols is 1. The van der Waals surface area contributed by atoms with Gasteiger partial charge in [0.1, 0.15) is 17.1 Å². The van der Waals surface area contributed by atoms with Crippen LogP contribution >= 0.6 is 0 Å². The number of hydrogen-bond donors (Lipinski definition) is 4. The maximum absolute atomic E-state index is 10.8. The van der Waals surface area contributed by atoms with Crippen molar-refractivity contribution in [1.29, 1.82) is 0 Å². The third-order valence-corrected chi connectivity index (χ3v) is 7.03. The molecule has 6 aromatic rings. The van der Waals surface area contributed by atoms with Gasteiger partial charge < -0.3 is 20.6 Å². The number of nitrogens with two attached hydrogens (primary N) is 1. The standard InChI is InChI=1S/C27H24N8O2/c28-26-20(9-17(11-30-26)18-13-32-35(14-18)19-5-7-29-8-6-19)27-33-21-3-4-23(36)24(25(21)37-27)15-1-2-16-12-31-34-22(16)10-15/h1-4,9-14,19,29,36H,5-8H2,(H2,28,30)(H,31,34). The van der Waals surface area contributed by atoms with Crippen molar-refractivity contribution in [2.75, 3.05) is 18.8 Å². The predicted molar refractivity (Wildman–Crippen MR) is 141 cm³/mol. The number of nitrogens with one attached hydrogen (secondary N) is 2. The molecule has 5 N–H and O–H groups in total. The van der Waals surface area contributed by atoms with E-state index in [9.17, 15) is 5.11 Å². The number of phenolic OH excluding ortho intramolecular Hbond substituents is 1. The monoisotopic (exact) mass is 492 g/mol. The predicted octanol–water partition coefficient (Wildman–Crippen LogP) is 4.51. The van der Waals surface area contributed by atoms with Crippen molar-refractivity contribution >= 4 is 27.8 Å². The van der Waals surface area contributed by atoms with Crippen LogP contribution in [0.2, 0.25) is 0 Å². The van der Waals surface area contributed by atoms with Gasteiger partial charge in [-0.3, -0.25) is 9.78 Å². The smallest absolute Gasteiger partial charge is 0.231 e. The van der Waals surface area contributed by atoms with E-state index in [0.717, 1.165) is 53.5 Å². The van der Waals surface area contributed by atoms with Gasteiger partial charge in [-0.25, -0.2) is 9.97 Å². The zero-order valence-corrected chi connectivity index (χ0v) is 19.8. The van der Waals surface area contributed by atoms with Crippen LogP contribution < -0.4 is 11.1 Å². The number of anilines is 1. The van der Waals surface area contributed by atoms with Crippen LogP contribution in [0.25, 0.3) is 55.7 Å². The van der Waals surface area contributed by atoms with E-state index < -0.39 is 0 Å². The second-order valence-corrected chi connectivity index (χ2v) is 9.35. The number of nitrogens with zero attached hydrogens (tertiary/aromatic N) is 5. The van der Waals surface area contributed by atoms with E-state index in [4.69, 9.17) is 15.1 Å². The summed E-state index contributed by atoms with van der Waals surface area (Å²) >= 11 is 0. The van der Waals surface area contributed by atoms with Gasteiger partial charge in [0.2, 0.25) is 5.89 Å². The first-order valence-electron chi connectivity index (χ1n) is 12.2. The van der Waals surface area contributed by atoms with E-state index in [1.165, 1.54) is 0 Å². The minimum atomic E-state index is 0.0965. The van der Waals surface area contributed by atoms with Gasteiger partial charge >= 0.3 is 0 Å². The molecule has 37 heavy (non-hydrogen) atoms. The molecule has 0 amide bonds. The fourth-order valence-corrected chi connectivity index (χ4v) is 5.03. The number of rotatable bonds is 4. The topological polar surface area (TPSA) is 144 Å². The Hall–Kier alpha value is -4.70. The zero-order valence-electron chi connectivity index (χ0n) is 19.8. The summed E-state index contributed by atoms with van der Waals surface area (Å²) in [7, 11) is 0. The number of aromatic amines is 1. The van der Waals surface area contributed by atoms with Gasteiger partial charge in [0, 0.05) is 28.9 Å². The molecule has 184 valence electrons. The van der Waals surface area contributed by atoms with Crippen LogP contribution in [0, 0.1) is 0 Å². The quantitative estimate of drug-likeness (QED) is 0.281. The van der Waals surface area contributed by atoms with Crippen LogP contribution in [0.3, 0.4) is 0 Å². The minimum absolute atomic E-state index is 0.0965. The molecule has 0 bridgehead atoms. The number of oxazole rings is 1. The largest absolute Gasteiger partial charge is 0.507 e. The van der Waals surface area contributed by atoms with Gasteiger partial charge in [-0.05, 0) is 55.8 Å². The van der Waals surface area contributed by atoms with Crippen molar-refractivity contribution in [3.63, 3.8) is 0 Å². The molecule has 1 aliphatic rings. The summed E-state index contributed by atoms with van der Waals surface area (Å²) in [6, 6.07) is 11.5. The highest BCUT2D eigenvalue weighted by Crippen LogP contribution is 2.40. The van der Waals surface area contributed by atoms with Crippen LogP contribution in [-0.2, 0) is 0 Å². The Labute approximate surface area is 211 Å². The van der Waals surface area contributed by atoms with Crippen molar-refractivity contribution < 1.29 is 9.52 Å². The molecule has 4 aromatic heterocycles. The van der Waals surface area contributed by atoms with E-state index in [1.807, 2.05) is 35.1 Å². The Balaban J connectivity index is 1.30. The lowest BCUT2D eigenvalue weighted by molar-refractivity contribution is 0.343. The van der Waals surface area contributed by atoms with Crippen molar-refractivity contribution in [1.82, 2.24) is 35.3 Å². The van der Waals surface area contributed by atoms with E-state index in [-0.39, 0.29) is 5.75 Å². The van der Waals surface area contributed by atoms with Crippen molar-refractivity contribution in [2.24, 2.45) is 0 Å². The number of piperidine rings is 1. The molecular formula is C27H24N8O2. The molecule has 0 spiro atoms. The Bertz CT molecular complexity index is 1760. The molecule has 2 aromatic carbocycles. The first kappa shape index (κ1) is 21.6. The van der Waals surface area contributed by atoms with E-state index in [2.05, 4.69) is 31.8 Å². The summed E-state index contributed by atoms with van der Waals surface area (Å²) in [5.74, 6) is 0.743. The number of H-pyrrole nitrogens is 1. The molecule has 10 nitrogen and oxygen atoms in total. The van der Waals surface area contributed by atoms with Crippen LogP contribution in [-0.4, -0.2) is 48.1 Å². The Morgan fingerprint density at radius 2 is 1.89 bits per heavy atom. The van der Waals surface area contributed by atoms with Crippen LogP contribution in [0.4, 0.5) is 5.82 Å². The minimum Gasteiger partial charge on any atom is -0.507 e. The first-order chi connectivity index (χ1) is 18.1. The number of aromatic nitrogens is 6. The second kappa shape index (κ2) is 8.45. The highest BCUT2D eigenvalue weighted by molar-refractivity contribution is 5.97. The lowest BCUT2D eigenvalue weighted by atomic mass is 10.0. The van der Waals surface area contributed by atoms with Crippen molar-refractivity contribution in [3.8, 4) is 39.5 Å². The number of hydrogen-bond acceptors (Lipinski definition) is 8. The van der Waals surface area contributed by atoms with E-state index >= 15 is 0 Å². The molecule has 1 aliphatic heterocycles. The van der Waals surface area contributed by atoms with Gasteiger partial charge in [-0.15, -0.1) is 0 Å². The number of fused-ring (bicyclic) bond motifs is 2. The number of nitrogen functional groups attached to an aromatic ring is 1. The zero-order chi connectivity index (χ0) is 24.9. The molecule has 7 rings (SSSR count). The molecule has 1 fully saturated rings. The van der Waals surface area contributed by atoms with Gasteiger partial charge in [0.05, 0.1) is 35.1 Å². The summed E-state index contributed by atoms with van der Waals surface area (Å²) in [6.07, 6.45) is 9.51. The summed E-state index contributed by atoms with van der Waals surface area (Å²) in [6.45, 7) is 2.00. The van der Waals surface area contributed by atoms with Crippen molar-refractivity contribution in [2.45, 2.75) is 18.9 Å². The maximum atomic E-state index is 10.8. The molecule has 0 radical (unpaired) electrons. The molecule has 1 saturated heterocycles. The SMILES string of the molecule is Nc1ncc(-c2cnn(C3CCNCC3)c2)cc1-c1nc2ccc(O)c(-c3ccc4cn[nH]c4c3)c2o1. The molecule has 5 heterocycles. The van der Waals surface area contributed by atoms with Gasteiger partial charge in [-0.2, -0.15) is 10.2 Å². The summed E-state index contributed by atoms with van der Waals surface area (Å²) in [5, 5.41) is 26.8. The molecule has 0 saturated carbocycles. The summed E-state index contributed by atoms with van der Waals surface area (Å²) in [4.78, 5) is 9.11. The average molecular weight is 493 g/mol. The molecular weight excluding hydrogens is 468 g/mol. The third kappa shape index (κ3) is 3.69. The fraction of sp³-hybridized carbons (Fsp3) is 0.185. The third-order valence-electron chi connectivity index (χ3n) is 7.03. The van der Waals surface area contributed by atoms with Crippen LogP contribution in [0.15, 0.2) is 65.6 Å². The number of aromatic hydroxyl groups is 1. The Morgan fingerprint density at radius 3 is 2.78 bits per heavy atom. The Morgan fingerprint density at radius 1 is 1.00 bits per heavy atom. The van der Waals surface area contributed by atoms with Gasteiger partial charge in [0.15, 0.2) is 5.58 Å². The van der Waals surface area contributed by atoms with E-state index in [1.54, 1.807) is 24.5 Å². The van der Waals surface area contributed by atoms with Crippen LogP contribution in [0.5, 0.6) is 5.75 Å². The average Bonchev–Trinajstić information content (AvgIpc) is 3.68. The van der Waals surface area contributed by atoms with Gasteiger partial charge in [-0.1, -0.05) is 12.1 Å². The fourth-order valence-electron chi connectivity index (χ4n) is 5.03. The lowest BCUT2D eigenvalue weighted by Crippen LogP contribution is -2.29. The van der Waals surface area contributed by atoms with Crippen LogP contribution in [0.1, 0.15) is 18.9 Å². The highest BCUT2D eigenvalue weighted by Gasteiger charge is 2.20. The number of benzene rings is 2. The normalized spacial score (nSPS) is 14.6. The lowest BCUT2D eigenvalue weighted by Gasteiger charge is -2.22. The summed E-state index contributed by atoms with van der Waals surface area (Å²) < 4.78 is 8.28. The maximum Gasteiger partial charge on any atom is 0.231 e. The molecule has 0 unspecified atom stereocenters. The highest BCUT2D eigenvalue weighted by atomic mass is 16.3. The number of pyridine rings is 1. The molecule has 0 aliphatic carbocycles. The first-order valence-corrected chi connectivity index (χ1v) is 12.2. The van der Waals surface area contributed by atoms with Crippen molar-refractivity contribution in [3.05, 3.63) is 61.2 Å². The molecule has 0 atom stereocenters.